The number of ether oxygens (including phenoxy) is 1. The van der Waals surface area contributed by atoms with Crippen molar-refractivity contribution >= 4 is 17.0 Å². The molecule has 1 saturated heterocycles. The highest BCUT2D eigenvalue weighted by Gasteiger charge is 2.44. The summed E-state index contributed by atoms with van der Waals surface area (Å²) in [4.78, 5) is 12.2. The number of rotatable bonds is 7. The van der Waals surface area contributed by atoms with Crippen molar-refractivity contribution in [1.29, 1.82) is 0 Å². The minimum absolute atomic E-state index is 0.255. The number of hydrogen-bond acceptors (Lipinski definition) is 9. The zero-order chi connectivity index (χ0) is 17.1. The smallest absolute Gasteiger partial charge is 0.167 e. The Kier molecular flexibility index (Phi) is 5.21. The van der Waals surface area contributed by atoms with Gasteiger partial charge in [0, 0.05) is 6.54 Å². The summed E-state index contributed by atoms with van der Waals surface area (Å²) in [6.45, 7) is 1.87. The minimum atomic E-state index is -1.09. The number of aliphatic hydroxyl groups is 2. The van der Waals surface area contributed by atoms with Crippen molar-refractivity contribution in [2.75, 3.05) is 25.4 Å². The molecule has 1 aliphatic rings. The topological polar surface area (TPSA) is 157 Å². The number of fused-ring (bicyclic) bond motifs is 1. The Labute approximate surface area is 138 Å². The van der Waals surface area contributed by atoms with Crippen LogP contribution in [0.15, 0.2) is 12.7 Å². The van der Waals surface area contributed by atoms with E-state index in [1.165, 1.54) is 12.7 Å². The van der Waals surface area contributed by atoms with Gasteiger partial charge < -0.3 is 31.7 Å². The molecule has 4 unspecified atom stereocenters. The number of anilines is 1. The molecular formula is C14H23N7O3. The van der Waals surface area contributed by atoms with Crippen LogP contribution in [0.2, 0.25) is 0 Å². The van der Waals surface area contributed by atoms with E-state index in [0.29, 0.717) is 24.3 Å². The van der Waals surface area contributed by atoms with E-state index < -0.39 is 24.5 Å². The zero-order valence-corrected chi connectivity index (χ0v) is 13.2. The Hall–Kier alpha value is -1.85. The lowest BCUT2D eigenvalue weighted by atomic mass is 10.1. The van der Waals surface area contributed by atoms with Crippen LogP contribution in [0.4, 0.5) is 5.82 Å². The van der Waals surface area contributed by atoms with Crippen molar-refractivity contribution in [1.82, 2.24) is 24.8 Å². The van der Waals surface area contributed by atoms with Crippen LogP contribution in [-0.2, 0) is 4.74 Å². The summed E-state index contributed by atoms with van der Waals surface area (Å²) in [7, 11) is 0. The van der Waals surface area contributed by atoms with E-state index in [4.69, 9.17) is 16.2 Å². The molecule has 0 amide bonds. The van der Waals surface area contributed by atoms with Crippen LogP contribution in [0.1, 0.15) is 19.1 Å². The number of unbranched alkanes of at least 4 members (excludes halogenated alkanes) is 1. The number of aliphatic hydroxyl groups excluding tert-OH is 2. The Bertz CT molecular complexity index is 679. The van der Waals surface area contributed by atoms with E-state index in [0.717, 1.165) is 19.4 Å². The third kappa shape index (κ3) is 3.19. The van der Waals surface area contributed by atoms with Gasteiger partial charge in [-0.05, 0) is 25.9 Å². The molecule has 4 atom stereocenters. The summed E-state index contributed by atoms with van der Waals surface area (Å²) in [5, 5.41) is 23.8. The molecule has 0 radical (unpaired) electrons. The maximum absolute atomic E-state index is 10.3. The van der Waals surface area contributed by atoms with Gasteiger partial charge in [0.25, 0.3) is 0 Å². The molecule has 1 fully saturated rings. The first-order valence-corrected chi connectivity index (χ1v) is 7.99. The standard InChI is InChI=1S/C14H23N7O3/c15-3-1-2-4-17-5-8-10(22)11(23)14(24-8)21-7-20-9-12(16)18-6-19-13(9)21/h6-8,10-11,14,17,22-23H,1-5,15H2,(H2,16,18,19). The zero-order valence-electron chi connectivity index (χ0n) is 13.2. The molecule has 0 aliphatic carbocycles. The number of nitrogens with zero attached hydrogens (tertiary/aromatic N) is 4. The Morgan fingerprint density at radius 2 is 2.04 bits per heavy atom. The first-order valence-electron chi connectivity index (χ1n) is 7.99. The third-order valence-corrected chi connectivity index (χ3v) is 4.15. The Morgan fingerprint density at radius 3 is 2.83 bits per heavy atom. The van der Waals surface area contributed by atoms with Crippen molar-refractivity contribution in [2.24, 2.45) is 5.73 Å². The lowest BCUT2D eigenvalue weighted by Gasteiger charge is -2.16. The van der Waals surface area contributed by atoms with Crippen LogP contribution >= 0.6 is 0 Å². The van der Waals surface area contributed by atoms with Crippen molar-refractivity contribution in [2.45, 2.75) is 37.4 Å². The predicted molar refractivity (Wildman–Crippen MR) is 86.8 cm³/mol. The molecule has 2 aromatic rings. The van der Waals surface area contributed by atoms with Crippen LogP contribution in [0.5, 0.6) is 0 Å². The van der Waals surface area contributed by atoms with E-state index in [1.807, 2.05) is 0 Å². The Morgan fingerprint density at radius 1 is 1.21 bits per heavy atom. The molecule has 3 heterocycles. The second-order valence-electron chi connectivity index (χ2n) is 5.83. The maximum Gasteiger partial charge on any atom is 0.167 e. The number of nitrogen functional groups attached to an aromatic ring is 1. The van der Waals surface area contributed by atoms with Crippen molar-refractivity contribution < 1.29 is 14.9 Å². The molecule has 10 nitrogen and oxygen atoms in total. The summed E-state index contributed by atoms with van der Waals surface area (Å²) in [6.07, 6.45) is 1.29. The average molecular weight is 337 g/mol. The van der Waals surface area contributed by atoms with E-state index >= 15 is 0 Å². The molecule has 0 aromatic carbocycles. The van der Waals surface area contributed by atoms with Gasteiger partial charge in [0.15, 0.2) is 17.7 Å². The third-order valence-electron chi connectivity index (χ3n) is 4.15. The van der Waals surface area contributed by atoms with Crippen LogP contribution in [0.3, 0.4) is 0 Å². The maximum atomic E-state index is 10.3. The minimum Gasteiger partial charge on any atom is -0.387 e. The van der Waals surface area contributed by atoms with E-state index in [2.05, 4.69) is 20.3 Å². The Balaban J connectivity index is 1.69. The van der Waals surface area contributed by atoms with Crippen molar-refractivity contribution in [3.05, 3.63) is 12.7 Å². The SMILES string of the molecule is NCCCCNCC1OC(n2cnc3c(N)ncnc32)C(O)C1O. The lowest BCUT2D eigenvalue weighted by Crippen LogP contribution is -2.38. The first kappa shape index (κ1) is 17.0. The quantitative estimate of drug-likeness (QED) is 0.373. The van der Waals surface area contributed by atoms with Gasteiger partial charge in [0.1, 0.15) is 30.2 Å². The molecule has 0 spiro atoms. The van der Waals surface area contributed by atoms with Crippen LogP contribution in [0, 0.1) is 0 Å². The largest absolute Gasteiger partial charge is 0.387 e. The van der Waals surface area contributed by atoms with E-state index in [9.17, 15) is 10.2 Å². The second-order valence-corrected chi connectivity index (χ2v) is 5.83. The molecule has 3 rings (SSSR count). The summed E-state index contributed by atoms with van der Waals surface area (Å²) >= 11 is 0. The van der Waals surface area contributed by atoms with E-state index in [1.54, 1.807) is 4.57 Å². The molecule has 24 heavy (non-hydrogen) atoms. The fourth-order valence-electron chi connectivity index (χ4n) is 2.82. The van der Waals surface area contributed by atoms with Crippen LogP contribution < -0.4 is 16.8 Å². The van der Waals surface area contributed by atoms with Gasteiger partial charge in [-0.1, -0.05) is 0 Å². The highest BCUT2D eigenvalue weighted by atomic mass is 16.6. The average Bonchev–Trinajstić information content (AvgIpc) is 3.12. The van der Waals surface area contributed by atoms with Gasteiger partial charge in [-0.3, -0.25) is 4.57 Å². The van der Waals surface area contributed by atoms with Gasteiger partial charge in [-0.2, -0.15) is 0 Å². The molecule has 7 N–H and O–H groups in total. The molecule has 0 saturated carbocycles. The number of nitrogens with one attached hydrogen (secondary N) is 1. The lowest BCUT2D eigenvalue weighted by molar-refractivity contribution is -0.0341. The summed E-state index contributed by atoms with van der Waals surface area (Å²) in [5.74, 6) is 0.255. The van der Waals surface area contributed by atoms with Gasteiger partial charge in [-0.25, -0.2) is 15.0 Å². The molecule has 2 aromatic heterocycles. The van der Waals surface area contributed by atoms with Crippen molar-refractivity contribution in [3.8, 4) is 0 Å². The number of nitrogens with two attached hydrogens (primary N) is 2. The molecular weight excluding hydrogens is 314 g/mol. The van der Waals surface area contributed by atoms with E-state index in [-0.39, 0.29) is 5.82 Å². The predicted octanol–water partition coefficient (Wildman–Crippen LogP) is -1.64. The summed E-state index contributed by atoms with van der Waals surface area (Å²) in [5.41, 5.74) is 12.1. The van der Waals surface area contributed by atoms with Crippen molar-refractivity contribution in [3.63, 3.8) is 0 Å². The van der Waals surface area contributed by atoms with Gasteiger partial charge in [0.2, 0.25) is 0 Å². The second kappa shape index (κ2) is 7.36. The van der Waals surface area contributed by atoms with Gasteiger partial charge >= 0.3 is 0 Å². The number of imidazole rings is 1. The monoisotopic (exact) mass is 337 g/mol. The molecule has 1 aliphatic heterocycles. The van der Waals surface area contributed by atoms with Gasteiger partial charge in [-0.15, -0.1) is 0 Å². The number of hydrogen-bond donors (Lipinski definition) is 5. The fourth-order valence-corrected chi connectivity index (χ4v) is 2.82. The number of aromatic nitrogens is 4. The molecule has 132 valence electrons. The normalized spacial score (nSPS) is 27.1. The van der Waals surface area contributed by atoms with Gasteiger partial charge in [0.05, 0.1) is 6.33 Å². The molecule has 0 bridgehead atoms. The molecule has 10 heteroatoms. The van der Waals surface area contributed by atoms with Crippen LogP contribution in [-0.4, -0.2) is 67.7 Å². The highest BCUT2D eigenvalue weighted by molar-refractivity contribution is 5.81. The first-order chi connectivity index (χ1) is 11.6. The summed E-state index contributed by atoms with van der Waals surface area (Å²) < 4.78 is 7.38. The highest BCUT2D eigenvalue weighted by Crippen LogP contribution is 2.31. The van der Waals surface area contributed by atoms with Crippen LogP contribution in [0.25, 0.3) is 11.2 Å². The fraction of sp³-hybridized carbons (Fsp3) is 0.643. The summed E-state index contributed by atoms with van der Waals surface area (Å²) in [6, 6.07) is 0.